The molecule has 1 aromatic rings. The third-order valence-corrected chi connectivity index (χ3v) is 4.03. The van der Waals surface area contributed by atoms with E-state index in [0.29, 0.717) is 19.1 Å². The van der Waals surface area contributed by atoms with Crippen molar-refractivity contribution in [2.45, 2.75) is 32.8 Å². The van der Waals surface area contributed by atoms with E-state index in [9.17, 15) is 4.79 Å². The standard InChI is InChI=1S/C15H21IN2O3/c1-15(2,3)21-14(19)18(9-11-5-7-20-10-11)13-8-17-6-4-12(13)16/h4,6,8,11H,5,7,9-10H2,1-3H3/t11-/m1/s1. The van der Waals surface area contributed by atoms with Crippen LogP contribution >= 0.6 is 22.6 Å². The molecule has 0 aliphatic carbocycles. The zero-order valence-electron chi connectivity index (χ0n) is 12.6. The summed E-state index contributed by atoms with van der Waals surface area (Å²) in [5, 5.41) is 0. The zero-order valence-corrected chi connectivity index (χ0v) is 14.8. The van der Waals surface area contributed by atoms with E-state index < -0.39 is 5.60 Å². The summed E-state index contributed by atoms with van der Waals surface area (Å²) in [6.45, 7) is 7.66. The highest BCUT2D eigenvalue weighted by atomic mass is 127. The summed E-state index contributed by atoms with van der Waals surface area (Å²) in [6.07, 6.45) is 4.06. The van der Waals surface area contributed by atoms with Gasteiger partial charge in [0.25, 0.3) is 0 Å². The lowest BCUT2D eigenvalue weighted by atomic mass is 10.1. The van der Waals surface area contributed by atoms with Crippen molar-refractivity contribution in [3.63, 3.8) is 0 Å². The van der Waals surface area contributed by atoms with Crippen LogP contribution in [0.1, 0.15) is 27.2 Å². The van der Waals surface area contributed by atoms with E-state index in [4.69, 9.17) is 9.47 Å². The Balaban J connectivity index is 2.21. The lowest BCUT2D eigenvalue weighted by Crippen LogP contribution is -2.40. The van der Waals surface area contributed by atoms with Gasteiger partial charge in [-0.1, -0.05) is 0 Å². The van der Waals surface area contributed by atoms with Crippen LogP contribution in [0.3, 0.4) is 0 Å². The SMILES string of the molecule is CC(C)(C)OC(=O)N(C[C@H]1CCOC1)c1cnccc1I. The molecular weight excluding hydrogens is 383 g/mol. The number of nitrogens with zero attached hydrogens (tertiary/aromatic N) is 2. The molecule has 5 nitrogen and oxygen atoms in total. The summed E-state index contributed by atoms with van der Waals surface area (Å²) in [4.78, 5) is 18.3. The largest absolute Gasteiger partial charge is 0.443 e. The summed E-state index contributed by atoms with van der Waals surface area (Å²) in [6, 6.07) is 1.89. The number of halogens is 1. The minimum atomic E-state index is -0.519. The van der Waals surface area contributed by atoms with Gasteiger partial charge in [0, 0.05) is 28.8 Å². The van der Waals surface area contributed by atoms with Gasteiger partial charge in [-0.15, -0.1) is 0 Å². The molecule has 1 saturated heterocycles. The highest BCUT2D eigenvalue weighted by Gasteiger charge is 2.28. The maximum atomic E-state index is 12.5. The van der Waals surface area contributed by atoms with Crippen molar-refractivity contribution in [3.8, 4) is 0 Å². The molecule has 21 heavy (non-hydrogen) atoms. The van der Waals surface area contributed by atoms with Crippen molar-refractivity contribution in [2.24, 2.45) is 5.92 Å². The first kappa shape index (κ1) is 16.5. The van der Waals surface area contributed by atoms with E-state index in [-0.39, 0.29) is 6.09 Å². The lowest BCUT2D eigenvalue weighted by molar-refractivity contribution is 0.0573. The highest BCUT2D eigenvalue weighted by Crippen LogP contribution is 2.26. The normalized spacial score (nSPS) is 18.6. The number of carbonyl (C=O) groups excluding carboxylic acids is 1. The first-order valence-electron chi connectivity index (χ1n) is 7.04. The van der Waals surface area contributed by atoms with Gasteiger partial charge in [0.05, 0.1) is 18.5 Å². The molecule has 0 saturated carbocycles. The average Bonchev–Trinajstić information content (AvgIpc) is 2.88. The molecule has 0 bridgehead atoms. The molecule has 1 aliphatic heterocycles. The van der Waals surface area contributed by atoms with Crippen LogP contribution in [-0.2, 0) is 9.47 Å². The molecule has 2 heterocycles. The fourth-order valence-corrected chi connectivity index (χ4v) is 2.73. The number of anilines is 1. The number of ether oxygens (including phenoxy) is 2. The molecule has 1 fully saturated rings. The van der Waals surface area contributed by atoms with Crippen molar-refractivity contribution >= 4 is 34.4 Å². The minimum absolute atomic E-state index is 0.333. The highest BCUT2D eigenvalue weighted by molar-refractivity contribution is 14.1. The van der Waals surface area contributed by atoms with Gasteiger partial charge in [-0.3, -0.25) is 9.88 Å². The summed E-state index contributed by atoms with van der Waals surface area (Å²) < 4.78 is 11.9. The van der Waals surface area contributed by atoms with Crippen LogP contribution in [0.5, 0.6) is 0 Å². The number of carbonyl (C=O) groups is 1. The van der Waals surface area contributed by atoms with Gasteiger partial charge in [0.1, 0.15) is 5.60 Å². The molecule has 6 heteroatoms. The summed E-state index contributed by atoms with van der Waals surface area (Å²) in [5.74, 6) is 0.341. The number of hydrogen-bond acceptors (Lipinski definition) is 4. The predicted molar refractivity (Wildman–Crippen MR) is 89.5 cm³/mol. The van der Waals surface area contributed by atoms with Gasteiger partial charge < -0.3 is 9.47 Å². The number of rotatable bonds is 3. The Bertz CT molecular complexity index is 496. The molecular formula is C15H21IN2O3. The molecule has 1 atom stereocenters. The Kier molecular flexibility index (Phi) is 5.43. The fourth-order valence-electron chi connectivity index (χ4n) is 2.14. The van der Waals surface area contributed by atoms with Crippen LogP contribution in [-0.4, -0.2) is 36.4 Å². The van der Waals surface area contributed by atoms with E-state index >= 15 is 0 Å². The molecule has 0 aromatic carbocycles. The molecule has 1 amide bonds. The second kappa shape index (κ2) is 6.91. The second-order valence-electron chi connectivity index (χ2n) is 6.15. The Hall–Kier alpha value is -0.890. The smallest absolute Gasteiger partial charge is 0.414 e. The Labute approximate surface area is 139 Å². The molecule has 2 rings (SSSR count). The lowest BCUT2D eigenvalue weighted by Gasteiger charge is -2.29. The number of aromatic nitrogens is 1. The van der Waals surface area contributed by atoms with Gasteiger partial charge in [-0.2, -0.15) is 0 Å². The van der Waals surface area contributed by atoms with Crippen molar-refractivity contribution < 1.29 is 14.3 Å². The summed E-state index contributed by atoms with van der Waals surface area (Å²) in [7, 11) is 0. The first-order chi connectivity index (χ1) is 9.87. The van der Waals surface area contributed by atoms with E-state index in [2.05, 4.69) is 27.6 Å². The van der Waals surface area contributed by atoms with Crippen molar-refractivity contribution in [3.05, 3.63) is 22.0 Å². The monoisotopic (exact) mass is 404 g/mol. The first-order valence-corrected chi connectivity index (χ1v) is 8.12. The van der Waals surface area contributed by atoms with Crippen LogP contribution in [0.15, 0.2) is 18.5 Å². The van der Waals surface area contributed by atoms with Crippen LogP contribution in [0.4, 0.5) is 10.5 Å². The summed E-state index contributed by atoms with van der Waals surface area (Å²) >= 11 is 2.21. The topological polar surface area (TPSA) is 51.7 Å². The van der Waals surface area contributed by atoms with Crippen molar-refractivity contribution in [1.29, 1.82) is 0 Å². The van der Waals surface area contributed by atoms with Gasteiger partial charge in [0.2, 0.25) is 0 Å². The van der Waals surface area contributed by atoms with Crippen molar-refractivity contribution in [2.75, 3.05) is 24.7 Å². The fraction of sp³-hybridized carbons (Fsp3) is 0.600. The number of amides is 1. The third kappa shape index (κ3) is 4.81. The molecule has 0 radical (unpaired) electrons. The molecule has 116 valence electrons. The second-order valence-corrected chi connectivity index (χ2v) is 7.31. The van der Waals surface area contributed by atoms with Gasteiger partial charge in [-0.25, -0.2) is 4.79 Å². The van der Waals surface area contributed by atoms with Crippen molar-refractivity contribution in [1.82, 2.24) is 4.98 Å². The molecule has 1 aliphatic rings. The molecule has 0 N–H and O–H groups in total. The summed E-state index contributed by atoms with van der Waals surface area (Å²) in [5.41, 5.74) is 0.272. The predicted octanol–water partition coefficient (Wildman–Crippen LogP) is 3.46. The van der Waals surface area contributed by atoms with Gasteiger partial charge in [-0.05, 0) is 55.8 Å². The van der Waals surface area contributed by atoms with Crippen LogP contribution in [0, 0.1) is 9.49 Å². The van der Waals surface area contributed by atoms with Crippen LogP contribution < -0.4 is 4.90 Å². The van der Waals surface area contributed by atoms with E-state index in [1.807, 2.05) is 26.8 Å². The Morgan fingerprint density at radius 3 is 2.90 bits per heavy atom. The van der Waals surface area contributed by atoms with E-state index in [0.717, 1.165) is 22.3 Å². The third-order valence-electron chi connectivity index (χ3n) is 3.12. The molecule has 0 unspecified atom stereocenters. The Morgan fingerprint density at radius 1 is 1.57 bits per heavy atom. The number of pyridine rings is 1. The average molecular weight is 404 g/mol. The van der Waals surface area contributed by atoms with Gasteiger partial charge >= 0.3 is 6.09 Å². The maximum Gasteiger partial charge on any atom is 0.414 e. The van der Waals surface area contributed by atoms with Crippen LogP contribution in [0.2, 0.25) is 0 Å². The zero-order chi connectivity index (χ0) is 15.5. The van der Waals surface area contributed by atoms with Crippen LogP contribution in [0.25, 0.3) is 0 Å². The van der Waals surface area contributed by atoms with Gasteiger partial charge in [0.15, 0.2) is 0 Å². The minimum Gasteiger partial charge on any atom is -0.443 e. The quantitative estimate of drug-likeness (QED) is 0.725. The maximum absolute atomic E-state index is 12.5. The van der Waals surface area contributed by atoms with E-state index in [1.54, 1.807) is 17.3 Å². The van der Waals surface area contributed by atoms with E-state index in [1.165, 1.54) is 0 Å². The number of hydrogen-bond donors (Lipinski definition) is 0. The molecule has 0 spiro atoms. The Morgan fingerprint density at radius 2 is 2.33 bits per heavy atom. The molecule has 1 aromatic heterocycles.